The van der Waals surface area contributed by atoms with E-state index >= 15 is 0 Å². The number of aryl methyl sites for hydroxylation is 1. The van der Waals surface area contributed by atoms with Crippen LogP contribution in [0.15, 0.2) is 52.5 Å². The van der Waals surface area contributed by atoms with Crippen LogP contribution in [0, 0.1) is 6.92 Å². The molecule has 0 aliphatic heterocycles. The first-order chi connectivity index (χ1) is 14.0. The van der Waals surface area contributed by atoms with Crippen LogP contribution < -0.4 is 10.9 Å². The first kappa shape index (κ1) is 21.0. The van der Waals surface area contributed by atoms with E-state index in [0.717, 1.165) is 12.0 Å². The fraction of sp³-hybridized carbons (Fsp3) is 0.333. The van der Waals surface area contributed by atoms with Gasteiger partial charge in [-0.25, -0.2) is 14.5 Å². The van der Waals surface area contributed by atoms with E-state index in [2.05, 4.69) is 15.3 Å². The van der Waals surface area contributed by atoms with Gasteiger partial charge in [0.05, 0.1) is 16.2 Å². The fourth-order valence-corrected chi connectivity index (χ4v) is 3.71. The van der Waals surface area contributed by atoms with E-state index in [-0.39, 0.29) is 11.5 Å². The second-order valence-corrected chi connectivity index (χ2v) is 7.95. The van der Waals surface area contributed by atoms with Gasteiger partial charge in [-0.05, 0) is 44.0 Å². The predicted molar refractivity (Wildman–Crippen MR) is 115 cm³/mol. The number of rotatable bonds is 8. The molecule has 8 heteroatoms. The lowest BCUT2D eigenvalue weighted by molar-refractivity contribution is -0.120. The number of methoxy groups -OCH3 is 1. The van der Waals surface area contributed by atoms with E-state index in [1.54, 1.807) is 44.5 Å². The number of fused-ring (bicyclic) bond motifs is 1. The van der Waals surface area contributed by atoms with Crippen LogP contribution in [0.5, 0.6) is 0 Å². The molecule has 0 saturated carbocycles. The Morgan fingerprint density at radius 1 is 1.28 bits per heavy atom. The summed E-state index contributed by atoms with van der Waals surface area (Å²) in [6.45, 7) is 4.86. The molecule has 0 fully saturated rings. The average molecular weight is 413 g/mol. The van der Waals surface area contributed by atoms with Gasteiger partial charge in [0.1, 0.15) is 5.82 Å². The molecule has 1 unspecified atom stereocenters. The standard InChI is InChI=1S/C21H24N4O3S/c1-14-9-10-18(23-13-14)25-20(27)16-7-4-5-8-17(16)24-21(25)29-15(2)19(26)22-11-6-12-28-3/h4-5,7-10,13,15H,6,11-12H2,1-3H3,(H,22,26). The molecule has 2 aromatic heterocycles. The number of hydrogen-bond donors (Lipinski definition) is 1. The SMILES string of the molecule is COCCCNC(=O)C(C)Sc1nc2ccccc2c(=O)n1-c1ccc(C)cn1. The van der Waals surface area contributed by atoms with Crippen molar-refractivity contribution in [1.29, 1.82) is 0 Å². The van der Waals surface area contributed by atoms with E-state index in [9.17, 15) is 9.59 Å². The quantitative estimate of drug-likeness (QED) is 0.348. The van der Waals surface area contributed by atoms with Crippen molar-refractivity contribution in [2.24, 2.45) is 0 Å². The maximum atomic E-state index is 13.2. The van der Waals surface area contributed by atoms with Crippen molar-refractivity contribution in [1.82, 2.24) is 19.9 Å². The number of pyridine rings is 1. The maximum absolute atomic E-state index is 13.2. The molecule has 1 N–H and O–H groups in total. The highest BCUT2D eigenvalue weighted by Gasteiger charge is 2.20. The summed E-state index contributed by atoms with van der Waals surface area (Å²) in [4.78, 5) is 34.7. The average Bonchev–Trinajstić information content (AvgIpc) is 2.72. The van der Waals surface area contributed by atoms with Gasteiger partial charge in [-0.15, -0.1) is 0 Å². The fourth-order valence-electron chi connectivity index (χ4n) is 2.77. The first-order valence-electron chi connectivity index (χ1n) is 9.39. The Labute approximate surface area is 173 Å². The Morgan fingerprint density at radius 2 is 2.07 bits per heavy atom. The Morgan fingerprint density at radius 3 is 2.79 bits per heavy atom. The van der Waals surface area contributed by atoms with Gasteiger partial charge in [0.2, 0.25) is 5.91 Å². The minimum Gasteiger partial charge on any atom is -0.385 e. The highest BCUT2D eigenvalue weighted by atomic mass is 32.2. The van der Waals surface area contributed by atoms with Crippen LogP contribution in [0.2, 0.25) is 0 Å². The molecule has 1 atom stereocenters. The summed E-state index contributed by atoms with van der Waals surface area (Å²) in [6.07, 6.45) is 2.45. The van der Waals surface area contributed by atoms with Crippen LogP contribution in [-0.4, -0.2) is 46.0 Å². The lowest BCUT2D eigenvalue weighted by Crippen LogP contribution is -2.33. The van der Waals surface area contributed by atoms with Crippen molar-refractivity contribution in [2.45, 2.75) is 30.7 Å². The number of aromatic nitrogens is 3. The largest absolute Gasteiger partial charge is 0.385 e. The number of nitrogens with zero attached hydrogens (tertiary/aromatic N) is 3. The molecule has 7 nitrogen and oxygen atoms in total. The number of para-hydroxylation sites is 1. The zero-order chi connectivity index (χ0) is 20.8. The second kappa shape index (κ2) is 9.67. The number of carbonyl (C=O) groups is 1. The third-order valence-corrected chi connectivity index (χ3v) is 5.40. The Balaban J connectivity index is 1.95. The van der Waals surface area contributed by atoms with Crippen LogP contribution in [0.3, 0.4) is 0 Å². The maximum Gasteiger partial charge on any atom is 0.267 e. The second-order valence-electron chi connectivity index (χ2n) is 6.64. The van der Waals surface area contributed by atoms with Gasteiger partial charge in [-0.1, -0.05) is 30.0 Å². The molecule has 0 aliphatic carbocycles. The van der Waals surface area contributed by atoms with Gasteiger partial charge in [0, 0.05) is 26.5 Å². The van der Waals surface area contributed by atoms with Crippen molar-refractivity contribution in [3.8, 4) is 5.82 Å². The summed E-state index contributed by atoms with van der Waals surface area (Å²) >= 11 is 1.24. The van der Waals surface area contributed by atoms with Crippen LogP contribution in [0.25, 0.3) is 16.7 Å². The molecule has 0 aliphatic rings. The molecule has 0 bridgehead atoms. The minimum atomic E-state index is -0.428. The van der Waals surface area contributed by atoms with Gasteiger partial charge in [0.15, 0.2) is 5.16 Å². The zero-order valence-electron chi connectivity index (χ0n) is 16.7. The van der Waals surface area contributed by atoms with E-state index in [0.29, 0.717) is 35.0 Å². The molecule has 1 amide bonds. The molecule has 0 spiro atoms. The van der Waals surface area contributed by atoms with Crippen LogP contribution >= 0.6 is 11.8 Å². The summed E-state index contributed by atoms with van der Waals surface area (Å²) in [5.41, 5.74) is 1.38. The summed E-state index contributed by atoms with van der Waals surface area (Å²) in [7, 11) is 1.63. The predicted octanol–water partition coefficient (Wildman–Crippen LogP) is 2.72. The lowest BCUT2D eigenvalue weighted by Gasteiger charge is -2.16. The summed E-state index contributed by atoms with van der Waals surface area (Å²) in [5.74, 6) is 0.367. The van der Waals surface area contributed by atoms with Crippen LogP contribution in [0.1, 0.15) is 18.9 Å². The molecule has 0 saturated heterocycles. The summed E-state index contributed by atoms with van der Waals surface area (Å²) < 4.78 is 6.47. The zero-order valence-corrected chi connectivity index (χ0v) is 17.5. The number of amides is 1. The van der Waals surface area contributed by atoms with Gasteiger partial charge < -0.3 is 10.1 Å². The molecule has 152 valence electrons. The molecule has 3 rings (SSSR count). The smallest absolute Gasteiger partial charge is 0.267 e. The lowest BCUT2D eigenvalue weighted by atomic mass is 10.2. The van der Waals surface area contributed by atoms with Crippen LogP contribution in [0.4, 0.5) is 0 Å². The van der Waals surface area contributed by atoms with E-state index in [1.807, 2.05) is 19.1 Å². The van der Waals surface area contributed by atoms with Crippen LogP contribution in [-0.2, 0) is 9.53 Å². The topological polar surface area (TPSA) is 86.1 Å². The van der Waals surface area contributed by atoms with E-state index in [1.165, 1.54) is 16.3 Å². The molecule has 0 radical (unpaired) electrons. The molecule has 2 heterocycles. The third-order valence-electron chi connectivity index (χ3n) is 4.35. The van der Waals surface area contributed by atoms with E-state index in [4.69, 9.17) is 4.74 Å². The van der Waals surface area contributed by atoms with Crippen molar-refractivity contribution < 1.29 is 9.53 Å². The summed E-state index contributed by atoms with van der Waals surface area (Å²) in [6, 6.07) is 10.9. The highest BCUT2D eigenvalue weighted by molar-refractivity contribution is 8.00. The molecular weight excluding hydrogens is 388 g/mol. The van der Waals surface area contributed by atoms with Gasteiger partial charge in [0.25, 0.3) is 5.56 Å². The Kier molecular flexibility index (Phi) is 7.00. The third kappa shape index (κ3) is 5.02. The Hall–Kier alpha value is -2.71. The molecular formula is C21H24N4O3S. The monoisotopic (exact) mass is 412 g/mol. The van der Waals surface area contributed by atoms with Crippen molar-refractivity contribution in [3.05, 3.63) is 58.5 Å². The van der Waals surface area contributed by atoms with E-state index < -0.39 is 5.25 Å². The van der Waals surface area contributed by atoms with Crippen molar-refractivity contribution in [2.75, 3.05) is 20.3 Å². The highest BCUT2D eigenvalue weighted by Crippen LogP contribution is 2.24. The number of nitrogens with one attached hydrogen (secondary N) is 1. The number of carbonyl (C=O) groups excluding carboxylic acids is 1. The number of thioether (sulfide) groups is 1. The van der Waals surface area contributed by atoms with Gasteiger partial charge >= 0.3 is 0 Å². The molecule has 29 heavy (non-hydrogen) atoms. The normalized spacial score (nSPS) is 12.1. The van der Waals surface area contributed by atoms with Gasteiger partial charge in [-0.2, -0.15) is 0 Å². The molecule has 3 aromatic rings. The first-order valence-corrected chi connectivity index (χ1v) is 10.3. The number of hydrogen-bond acceptors (Lipinski definition) is 6. The molecule has 1 aromatic carbocycles. The van der Waals surface area contributed by atoms with Gasteiger partial charge in [-0.3, -0.25) is 9.59 Å². The summed E-state index contributed by atoms with van der Waals surface area (Å²) in [5, 5.41) is 3.40. The van der Waals surface area contributed by atoms with Crippen molar-refractivity contribution >= 4 is 28.6 Å². The minimum absolute atomic E-state index is 0.114. The van der Waals surface area contributed by atoms with Crippen molar-refractivity contribution in [3.63, 3.8) is 0 Å². The number of ether oxygens (including phenoxy) is 1. The number of benzene rings is 1. The Bertz CT molecular complexity index is 1050.